The fourth-order valence-electron chi connectivity index (χ4n) is 1.89. The van der Waals surface area contributed by atoms with Crippen LogP contribution in [0.1, 0.15) is 16.8 Å². The summed E-state index contributed by atoms with van der Waals surface area (Å²) < 4.78 is 4.48. The molecule has 0 spiro atoms. The van der Waals surface area contributed by atoms with Crippen LogP contribution in [0.2, 0.25) is 0 Å². The third kappa shape index (κ3) is 3.12. The van der Waals surface area contributed by atoms with Crippen molar-refractivity contribution in [3.8, 4) is 6.07 Å². The van der Waals surface area contributed by atoms with Crippen molar-refractivity contribution in [2.45, 2.75) is 10.7 Å². The molecule has 1 aromatic rings. The van der Waals surface area contributed by atoms with Crippen molar-refractivity contribution in [3.05, 3.63) is 59.9 Å². The number of nitrogens with zero attached hydrogens (tertiary/aromatic N) is 1. The lowest BCUT2D eigenvalue weighted by atomic mass is 9.90. The van der Waals surface area contributed by atoms with Gasteiger partial charge in [-0.3, -0.25) is 4.79 Å². The number of ketones is 1. The van der Waals surface area contributed by atoms with Gasteiger partial charge in [-0.2, -0.15) is 5.26 Å². The van der Waals surface area contributed by atoms with Crippen LogP contribution in [0.25, 0.3) is 0 Å². The smallest absolute Gasteiger partial charge is 0.183 e. The molecule has 3 nitrogen and oxygen atoms in total. The van der Waals surface area contributed by atoms with E-state index in [0.717, 1.165) is 0 Å². The van der Waals surface area contributed by atoms with Crippen LogP contribution in [0.3, 0.4) is 0 Å². The Morgan fingerprint density at radius 3 is 2.84 bits per heavy atom. The molecule has 0 radical (unpaired) electrons. The van der Waals surface area contributed by atoms with E-state index in [2.05, 4.69) is 15.9 Å². The van der Waals surface area contributed by atoms with Crippen molar-refractivity contribution in [3.63, 3.8) is 0 Å². The first-order valence-electron chi connectivity index (χ1n) is 5.82. The van der Waals surface area contributed by atoms with Gasteiger partial charge in [0, 0.05) is 12.0 Å². The SMILES string of the molecule is N#CCOC1=CC=CC(Br)(C(=O)c2ccccc2)C1. The Kier molecular flexibility index (Phi) is 4.18. The Morgan fingerprint density at radius 1 is 1.42 bits per heavy atom. The van der Waals surface area contributed by atoms with Gasteiger partial charge in [-0.1, -0.05) is 58.4 Å². The number of rotatable bonds is 4. The van der Waals surface area contributed by atoms with Gasteiger partial charge in [-0.25, -0.2) is 0 Å². The average Bonchev–Trinajstić information content (AvgIpc) is 2.45. The molecule has 0 amide bonds. The lowest BCUT2D eigenvalue weighted by Crippen LogP contribution is -2.32. The van der Waals surface area contributed by atoms with E-state index >= 15 is 0 Å². The summed E-state index contributed by atoms with van der Waals surface area (Å²) in [4.78, 5) is 12.5. The summed E-state index contributed by atoms with van der Waals surface area (Å²) in [5.41, 5.74) is 0.644. The zero-order valence-electron chi connectivity index (χ0n) is 10.2. The molecule has 0 saturated heterocycles. The lowest BCUT2D eigenvalue weighted by Gasteiger charge is -2.26. The number of allylic oxidation sites excluding steroid dienone is 4. The quantitative estimate of drug-likeness (QED) is 0.631. The number of carbonyl (C=O) groups excluding carboxylic acids is 1. The van der Waals surface area contributed by atoms with Crippen molar-refractivity contribution in [1.82, 2.24) is 0 Å². The number of carbonyl (C=O) groups is 1. The van der Waals surface area contributed by atoms with E-state index in [-0.39, 0.29) is 12.4 Å². The molecule has 1 aliphatic rings. The molecule has 0 N–H and O–H groups in total. The largest absolute Gasteiger partial charge is 0.483 e. The molecular weight excluding hydrogens is 306 g/mol. The van der Waals surface area contributed by atoms with Gasteiger partial charge in [-0.15, -0.1) is 0 Å². The van der Waals surface area contributed by atoms with Gasteiger partial charge in [0.2, 0.25) is 0 Å². The molecule has 1 aliphatic carbocycles. The topological polar surface area (TPSA) is 50.1 Å². The number of ether oxygens (including phenoxy) is 1. The van der Waals surface area contributed by atoms with Gasteiger partial charge < -0.3 is 4.74 Å². The third-order valence-corrected chi connectivity index (χ3v) is 3.71. The van der Waals surface area contributed by atoms with E-state index in [1.165, 1.54) is 0 Å². The zero-order chi connectivity index (χ0) is 13.7. The Labute approximate surface area is 120 Å². The number of hydrogen-bond acceptors (Lipinski definition) is 3. The normalized spacial score (nSPS) is 21.4. The molecule has 0 fully saturated rings. The minimum absolute atomic E-state index is 0.0116. The van der Waals surface area contributed by atoms with Gasteiger partial charge in [-0.05, 0) is 6.08 Å². The van der Waals surface area contributed by atoms with Gasteiger partial charge in [0.25, 0.3) is 0 Å². The first-order valence-corrected chi connectivity index (χ1v) is 6.62. The van der Waals surface area contributed by atoms with Crippen LogP contribution in [0.4, 0.5) is 0 Å². The molecule has 1 unspecified atom stereocenters. The number of nitriles is 1. The fourth-order valence-corrected chi connectivity index (χ4v) is 2.55. The van der Waals surface area contributed by atoms with Crippen LogP contribution in [0, 0.1) is 11.3 Å². The molecule has 0 heterocycles. The van der Waals surface area contributed by atoms with E-state index in [1.54, 1.807) is 24.3 Å². The maximum atomic E-state index is 12.5. The summed E-state index contributed by atoms with van der Waals surface area (Å²) in [7, 11) is 0. The van der Waals surface area contributed by atoms with E-state index in [0.29, 0.717) is 17.7 Å². The van der Waals surface area contributed by atoms with Crippen molar-refractivity contribution in [2.75, 3.05) is 6.61 Å². The van der Waals surface area contributed by atoms with Crippen LogP contribution >= 0.6 is 15.9 Å². The first-order chi connectivity index (χ1) is 9.15. The second-order valence-electron chi connectivity index (χ2n) is 4.17. The molecule has 19 heavy (non-hydrogen) atoms. The summed E-state index contributed by atoms with van der Waals surface area (Å²) >= 11 is 3.49. The van der Waals surface area contributed by atoms with Crippen LogP contribution < -0.4 is 0 Å². The Hall–Kier alpha value is -1.86. The van der Waals surface area contributed by atoms with Crippen molar-refractivity contribution < 1.29 is 9.53 Å². The highest BCUT2D eigenvalue weighted by molar-refractivity contribution is 9.10. The second kappa shape index (κ2) is 5.85. The van der Waals surface area contributed by atoms with Crippen LogP contribution in [0.15, 0.2) is 54.3 Å². The molecule has 2 rings (SSSR count). The van der Waals surface area contributed by atoms with E-state index in [1.807, 2.05) is 30.3 Å². The van der Waals surface area contributed by atoms with Crippen molar-refractivity contribution >= 4 is 21.7 Å². The van der Waals surface area contributed by atoms with Crippen LogP contribution in [-0.2, 0) is 4.74 Å². The number of hydrogen-bond donors (Lipinski definition) is 0. The van der Waals surface area contributed by atoms with Gasteiger partial charge in [0.1, 0.15) is 10.4 Å². The Bertz CT molecular complexity index is 572. The van der Waals surface area contributed by atoms with Crippen molar-refractivity contribution in [2.24, 2.45) is 0 Å². The summed E-state index contributed by atoms with van der Waals surface area (Å²) in [6, 6.07) is 11.0. The highest BCUT2D eigenvalue weighted by atomic mass is 79.9. The number of halogens is 1. The molecule has 4 heteroatoms. The van der Waals surface area contributed by atoms with Crippen LogP contribution in [-0.4, -0.2) is 16.7 Å². The number of Topliss-reactive ketones (excluding diaryl/α,β-unsaturated/α-hetero) is 1. The van der Waals surface area contributed by atoms with E-state index < -0.39 is 4.32 Å². The van der Waals surface area contributed by atoms with Gasteiger partial charge in [0.15, 0.2) is 12.4 Å². The minimum atomic E-state index is -0.798. The average molecular weight is 318 g/mol. The maximum Gasteiger partial charge on any atom is 0.183 e. The fraction of sp³-hybridized carbons (Fsp3) is 0.200. The zero-order valence-corrected chi connectivity index (χ0v) is 11.8. The monoisotopic (exact) mass is 317 g/mol. The molecule has 0 saturated carbocycles. The van der Waals surface area contributed by atoms with E-state index in [9.17, 15) is 4.79 Å². The standard InChI is InChI=1S/C15H12BrNO2/c16-15(14(18)12-5-2-1-3-6-12)8-4-7-13(11-15)19-10-9-17/h1-8H,10-11H2. The predicted octanol–water partition coefficient (Wildman–Crippen LogP) is 3.39. The summed E-state index contributed by atoms with van der Waals surface area (Å²) in [6.07, 6.45) is 5.75. The summed E-state index contributed by atoms with van der Waals surface area (Å²) in [5, 5.41) is 8.52. The van der Waals surface area contributed by atoms with Crippen molar-refractivity contribution in [1.29, 1.82) is 5.26 Å². The Morgan fingerprint density at radius 2 is 2.16 bits per heavy atom. The molecular formula is C15H12BrNO2. The number of alkyl halides is 1. The third-order valence-electron chi connectivity index (χ3n) is 2.81. The molecule has 0 aromatic heterocycles. The molecule has 1 atom stereocenters. The van der Waals surface area contributed by atoms with Crippen LogP contribution in [0.5, 0.6) is 0 Å². The van der Waals surface area contributed by atoms with Gasteiger partial charge in [0.05, 0.1) is 5.76 Å². The molecule has 0 aliphatic heterocycles. The maximum absolute atomic E-state index is 12.5. The predicted molar refractivity (Wildman–Crippen MR) is 75.8 cm³/mol. The van der Waals surface area contributed by atoms with E-state index in [4.69, 9.17) is 10.00 Å². The molecule has 96 valence electrons. The second-order valence-corrected chi connectivity index (χ2v) is 5.59. The highest BCUT2D eigenvalue weighted by Crippen LogP contribution is 2.35. The minimum Gasteiger partial charge on any atom is -0.483 e. The molecule has 0 bridgehead atoms. The Balaban J connectivity index is 2.17. The summed E-state index contributed by atoms with van der Waals surface area (Å²) in [5.74, 6) is 0.612. The lowest BCUT2D eigenvalue weighted by molar-refractivity contribution is 0.0954. The molecule has 1 aromatic carbocycles. The number of benzene rings is 1. The first kappa shape index (κ1) is 13.6. The summed E-state index contributed by atoms with van der Waals surface area (Å²) in [6.45, 7) is -0.0116. The highest BCUT2D eigenvalue weighted by Gasteiger charge is 2.36. The van der Waals surface area contributed by atoms with Gasteiger partial charge >= 0.3 is 0 Å².